The predicted octanol–water partition coefficient (Wildman–Crippen LogP) is 17.5. The number of allylic oxidation sites excluding steroid dienone is 4. The Morgan fingerprint density at radius 1 is 0.413 bits per heavy atom. The van der Waals surface area contributed by atoms with Crippen molar-refractivity contribution in [2.24, 2.45) is 5.92 Å². The highest BCUT2D eigenvalue weighted by Gasteiger charge is 2.20. The molecule has 12 rings (SSSR count). The molecule has 1 aliphatic rings. The fraction of sp³-hybridized carbons (Fsp3) is 0.0492. The molecule has 1 aromatic heterocycles. The second kappa shape index (κ2) is 15.2. The van der Waals surface area contributed by atoms with E-state index in [0.717, 1.165) is 67.7 Å². The summed E-state index contributed by atoms with van der Waals surface area (Å²) in [6.07, 6.45) is 7.77. The smallest absolute Gasteiger partial charge is 0.143 e. The molecule has 0 fully saturated rings. The summed E-state index contributed by atoms with van der Waals surface area (Å²) in [6, 6.07) is 75.2. The van der Waals surface area contributed by atoms with Gasteiger partial charge < -0.3 is 9.32 Å². The van der Waals surface area contributed by atoms with Gasteiger partial charge in [-0.2, -0.15) is 0 Å². The van der Waals surface area contributed by atoms with Crippen LogP contribution in [-0.4, -0.2) is 0 Å². The molecule has 1 heterocycles. The average molecular weight is 806 g/mol. The second-order valence-electron chi connectivity index (χ2n) is 17.0. The summed E-state index contributed by atoms with van der Waals surface area (Å²) in [7, 11) is 0. The van der Waals surface area contributed by atoms with Crippen LogP contribution in [0.25, 0.3) is 93.2 Å². The first-order chi connectivity index (χ1) is 31.1. The van der Waals surface area contributed by atoms with Crippen molar-refractivity contribution in [1.29, 1.82) is 0 Å². The normalized spacial score (nSPS) is 13.9. The van der Waals surface area contributed by atoms with Crippen molar-refractivity contribution in [1.82, 2.24) is 0 Å². The molecule has 0 amide bonds. The zero-order valence-corrected chi connectivity index (χ0v) is 35.0. The van der Waals surface area contributed by atoms with Crippen LogP contribution >= 0.6 is 0 Å². The maximum atomic E-state index is 6.81. The summed E-state index contributed by atoms with van der Waals surface area (Å²) in [5.41, 5.74) is 14.6. The van der Waals surface area contributed by atoms with Crippen molar-refractivity contribution in [3.05, 3.63) is 230 Å². The van der Waals surface area contributed by atoms with Crippen molar-refractivity contribution >= 4 is 76.9 Å². The van der Waals surface area contributed by atoms with E-state index in [2.05, 4.69) is 236 Å². The number of furan rings is 1. The summed E-state index contributed by atoms with van der Waals surface area (Å²) >= 11 is 0. The van der Waals surface area contributed by atoms with Gasteiger partial charge in [-0.3, -0.25) is 0 Å². The minimum absolute atomic E-state index is 0.472. The van der Waals surface area contributed by atoms with Crippen LogP contribution in [0.15, 0.2) is 229 Å². The first-order valence-corrected chi connectivity index (χ1v) is 22.0. The van der Waals surface area contributed by atoms with Gasteiger partial charge in [0.05, 0.1) is 0 Å². The summed E-state index contributed by atoms with van der Waals surface area (Å²) in [6.45, 7) is 2.31. The summed E-state index contributed by atoms with van der Waals surface area (Å²) < 4.78 is 6.81. The van der Waals surface area contributed by atoms with Crippen LogP contribution in [0.3, 0.4) is 0 Å². The van der Waals surface area contributed by atoms with E-state index in [1.807, 2.05) is 0 Å². The van der Waals surface area contributed by atoms with Gasteiger partial charge in [0, 0.05) is 33.4 Å². The number of benzene rings is 10. The summed E-state index contributed by atoms with van der Waals surface area (Å²) in [4.78, 5) is 2.38. The number of hydrogen-bond donors (Lipinski definition) is 0. The molecule has 0 N–H and O–H groups in total. The Hall–Kier alpha value is -7.94. The van der Waals surface area contributed by atoms with Crippen molar-refractivity contribution in [2.75, 3.05) is 4.90 Å². The SMILES string of the molecule is CC1CC=CC=C1c1ccc2oc3c(-c4cccc(-c5ccc(N(c6ccc7ccccc7c6)c6ccc7c(ccc8ccccc87)c6)cc5)c4)cc(-c4ccccc4)cc3c2c1. The topological polar surface area (TPSA) is 16.4 Å². The van der Waals surface area contributed by atoms with Crippen molar-refractivity contribution < 1.29 is 4.42 Å². The van der Waals surface area contributed by atoms with E-state index in [1.165, 1.54) is 54.6 Å². The molecule has 1 unspecified atom stereocenters. The van der Waals surface area contributed by atoms with Gasteiger partial charge in [0.25, 0.3) is 0 Å². The molecule has 1 aliphatic carbocycles. The van der Waals surface area contributed by atoms with Crippen LogP contribution in [-0.2, 0) is 0 Å². The second-order valence-corrected chi connectivity index (χ2v) is 17.0. The van der Waals surface area contributed by atoms with E-state index < -0.39 is 0 Å². The molecule has 63 heavy (non-hydrogen) atoms. The quantitative estimate of drug-likeness (QED) is 0.149. The predicted molar refractivity (Wildman–Crippen MR) is 268 cm³/mol. The van der Waals surface area contributed by atoms with Crippen LogP contribution in [0.1, 0.15) is 18.9 Å². The maximum Gasteiger partial charge on any atom is 0.143 e. The van der Waals surface area contributed by atoms with E-state index in [0.29, 0.717) is 5.92 Å². The average Bonchev–Trinajstić information content (AvgIpc) is 3.72. The van der Waals surface area contributed by atoms with E-state index >= 15 is 0 Å². The molecular formula is C61H43NO. The molecule has 11 aromatic rings. The number of hydrogen-bond acceptors (Lipinski definition) is 2. The Morgan fingerprint density at radius 3 is 1.90 bits per heavy atom. The van der Waals surface area contributed by atoms with Crippen LogP contribution < -0.4 is 4.90 Å². The molecule has 0 saturated heterocycles. The van der Waals surface area contributed by atoms with Crippen LogP contribution in [0.4, 0.5) is 17.1 Å². The highest BCUT2D eigenvalue weighted by atomic mass is 16.3. The lowest BCUT2D eigenvalue weighted by molar-refractivity contribution is 0.670. The molecule has 0 saturated carbocycles. The minimum Gasteiger partial charge on any atom is -0.455 e. The molecule has 298 valence electrons. The first-order valence-electron chi connectivity index (χ1n) is 22.0. The Labute approximate surface area is 367 Å². The highest BCUT2D eigenvalue weighted by Crippen LogP contribution is 2.43. The molecule has 2 nitrogen and oxygen atoms in total. The highest BCUT2D eigenvalue weighted by molar-refractivity contribution is 6.12. The molecule has 2 heteroatoms. The number of nitrogens with zero attached hydrogens (tertiary/aromatic N) is 1. The number of fused-ring (bicyclic) bond motifs is 7. The van der Waals surface area contributed by atoms with Gasteiger partial charge in [-0.05, 0) is 150 Å². The summed E-state index contributed by atoms with van der Waals surface area (Å²) in [5.74, 6) is 0.472. The first kappa shape index (κ1) is 36.9. The van der Waals surface area contributed by atoms with Gasteiger partial charge in [-0.25, -0.2) is 0 Å². The molecule has 10 aromatic carbocycles. The molecule has 1 atom stereocenters. The van der Waals surface area contributed by atoms with Gasteiger partial charge in [0.1, 0.15) is 11.2 Å². The Kier molecular flexibility index (Phi) is 8.90. The lowest BCUT2D eigenvalue weighted by Gasteiger charge is -2.26. The molecule has 0 spiro atoms. The van der Waals surface area contributed by atoms with Gasteiger partial charge in [0.2, 0.25) is 0 Å². The third-order valence-electron chi connectivity index (χ3n) is 13.1. The van der Waals surface area contributed by atoms with E-state index in [-0.39, 0.29) is 0 Å². The third-order valence-corrected chi connectivity index (χ3v) is 13.1. The van der Waals surface area contributed by atoms with E-state index in [4.69, 9.17) is 4.42 Å². The van der Waals surface area contributed by atoms with Crippen LogP contribution in [0.2, 0.25) is 0 Å². The molecule has 0 bridgehead atoms. The van der Waals surface area contributed by atoms with E-state index in [9.17, 15) is 0 Å². The van der Waals surface area contributed by atoms with Gasteiger partial charge in [-0.15, -0.1) is 0 Å². The maximum absolute atomic E-state index is 6.81. The van der Waals surface area contributed by atoms with Crippen molar-refractivity contribution in [3.8, 4) is 33.4 Å². The minimum atomic E-state index is 0.472. The standard InChI is InChI=1S/C61H43NO/c1-40-12-5-9-20-54(40)49-27-33-60-58(37-49)59-39-50(41-13-3-2-4-14-41)38-57(61(59)63-60)47-19-11-18-45(34-47)43-24-28-51(29-25-43)62(52-30-26-42-15-6-7-17-46(42)35-52)53-31-32-56-48(36-53)23-22-44-16-8-10-21-55(44)56/h2-11,13-40H,12H2,1H3. The van der Waals surface area contributed by atoms with Crippen LogP contribution in [0.5, 0.6) is 0 Å². The summed E-state index contributed by atoms with van der Waals surface area (Å²) in [5, 5.41) is 9.72. The Balaban J connectivity index is 0.957. The van der Waals surface area contributed by atoms with Crippen LogP contribution in [0, 0.1) is 5.92 Å². The fourth-order valence-corrected chi connectivity index (χ4v) is 9.77. The van der Waals surface area contributed by atoms with Gasteiger partial charge >= 0.3 is 0 Å². The zero-order chi connectivity index (χ0) is 41.9. The number of rotatable bonds is 7. The van der Waals surface area contributed by atoms with Gasteiger partial charge in [0.15, 0.2) is 0 Å². The lowest BCUT2D eigenvalue weighted by Crippen LogP contribution is -2.10. The molecule has 0 aliphatic heterocycles. The third kappa shape index (κ3) is 6.59. The Morgan fingerprint density at radius 2 is 1.05 bits per heavy atom. The lowest BCUT2D eigenvalue weighted by atomic mass is 9.87. The molecule has 0 radical (unpaired) electrons. The molecular weight excluding hydrogens is 763 g/mol. The van der Waals surface area contributed by atoms with Crippen molar-refractivity contribution in [3.63, 3.8) is 0 Å². The fourth-order valence-electron chi connectivity index (χ4n) is 9.77. The van der Waals surface area contributed by atoms with E-state index in [1.54, 1.807) is 0 Å². The largest absolute Gasteiger partial charge is 0.455 e. The monoisotopic (exact) mass is 805 g/mol. The zero-order valence-electron chi connectivity index (χ0n) is 35.0. The van der Waals surface area contributed by atoms with Gasteiger partial charge in [-0.1, -0.05) is 165 Å². The number of anilines is 3. The Bertz CT molecular complexity index is 3610. The van der Waals surface area contributed by atoms with Crippen molar-refractivity contribution in [2.45, 2.75) is 13.3 Å².